The number of aromatic amines is 1. The number of nitrogens with zero attached hydrogens (tertiary/aromatic N) is 2. The highest BCUT2D eigenvalue weighted by Gasteiger charge is 2.07. The summed E-state index contributed by atoms with van der Waals surface area (Å²) in [6.45, 7) is 1.88. The van der Waals surface area contributed by atoms with Crippen molar-refractivity contribution in [3.63, 3.8) is 0 Å². The number of nitrogens with one attached hydrogen (secondary N) is 2. The van der Waals surface area contributed by atoms with Crippen molar-refractivity contribution in [1.82, 2.24) is 15.4 Å². The van der Waals surface area contributed by atoms with Gasteiger partial charge in [-0.1, -0.05) is 30.3 Å². The first-order valence-corrected chi connectivity index (χ1v) is 6.57. The number of H-pyrrole nitrogens is 1. The molecule has 21 heavy (non-hydrogen) atoms. The summed E-state index contributed by atoms with van der Waals surface area (Å²) in [6.07, 6.45) is 1.61. The zero-order valence-electron chi connectivity index (χ0n) is 11.5. The number of aryl methyl sites for hydroxylation is 1. The summed E-state index contributed by atoms with van der Waals surface area (Å²) < 4.78 is 0. The Morgan fingerprint density at radius 2 is 2.05 bits per heavy atom. The van der Waals surface area contributed by atoms with Gasteiger partial charge in [-0.3, -0.25) is 4.79 Å². The predicted octanol–water partition coefficient (Wildman–Crippen LogP) is 2.64. The number of hydrogen-bond acceptors (Lipinski definition) is 3. The number of hydrazone groups is 1. The fourth-order valence-electron chi connectivity index (χ4n) is 2.05. The number of carbonyl (C=O) groups is 1. The zero-order valence-corrected chi connectivity index (χ0v) is 11.5. The number of imidazole rings is 1. The SMILES string of the molecule is Cc1nc2ccc(C(=O)N/N=C/c3ccccc3)cc2[nH]1. The van der Waals surface area contributed by atoms with Gasteiger partial charge in [-0.15, -0.1) is 0 Å². The average Bonchev–Trinajstić information content (AvgIpc) is 2.87. The molecule has 0 bridgehead atoms. The van der Waals surface area contributed by atoms with Crippen molar-refractivity contribution in [2.24, 2.45) is 5.10 Å². The lowest BCUT2D eigenvalue weighted by molar-refractivity contribution is 0.0955. The summed E-state index contributed by atoms with van der Waals surface area (Å²) in [5.74, 6) is 0.570. The Morgan fingerprint density at radius 3 is 2.86 bits per heavy atom. The molecule has 2 aromatic carbocycles. The fraction of sp³-hybridized carbons (Fsp3) is 0.0625. The van der Waals surface area contributed by atoms with Gasteiger partial charge in [-0.05, 0) is 30.7 Å². The van der Waals surface area contributed by atoms with Gasteiger partial charge in [0.1, 0.15) is 5.82 Å². The molecule has 1 amide bonds. The molecular formula is C16H14N4O. The van der Waals surface area contributed by atoms with Gasteiger partial charge in [-0.2, -0.15) is 5.10 Å². The summed E-state index contributed by atoms with van der Waals surface area (Å²) in [4.78, 5) is 19.4. The predicted molar refractivity (Wildman–Crippen MR) is 82.3 cm³/mol. The van der Waals surface area contributed by atoms with Crippen molar-refractivity contribution in [2.75, 3.05) is 0 Å². The molecule has 0 aliphatic rings. The second-order valence-electron chi connectivity index (χ2n) is 4.66. The van der Waals surface area contributed by atoms with Gasteiger partial charge < -0.3 is 4.98 Å². The summed E-state index contributed by atoms with van der Waals surface area (Å²) >= 11 is 0. The van der Waals surface area contributed by atoms with E-state index in [1.807, 2.05) is 43.3 Å². The van der Waals surface area contributed by atoms with Gasteiger partial charge >= 0.3 is 0 Å². The highest BCUT2D eigenvalue weighted by Crippen LogP contribution is 2.13. The molecule has 0 aliphatic carbocycles. The van der Waals surface area contributed by atoms with Crippen LogP contribution in [0.4, 0.5) is 0 Å². The minimum atomic E-state index is -0.253. The molecule has 0 saturated heterocycles. The fourth-order valence-corrected chi connectivity index (χ4v) is 2.05. The Hall–Kier alpha value is -2.95. The van der Waals surface area contributed by atoms with Crippen LogP contribution in [0.25, 0.3) is 11.0 Å². The van der Waals surface area contributed by atoms with Crippen molar-refractivity contribution < 1.29 is 4.79 Å². The average molecular weight is 278 g/mol. The number of hydrogen-bond donors (Lipinski definition) is 2. The first-order chi connectivity index (χ1) is 10.2. The van der Waals surface area contributed by atoms with Gasteiger partial charge in [0.05, 0.1) is 17.2 Å². The van der Waals surface area contributed by atoms with E-state index in [-0.39, 0.29) is 5.91 Å². The van der Waals surface area contributed by atoms with Crippen LogP contribution in [0, 0.1) is 6.92 Å². The molecule has 2 N–H and O–H groups in total. The lowest BCUT2D eigenvalue weighted by Crippen LogP contribution is -2.17. The van der Waals surface area contributed by atoms with Crippen LogP contribution >= 0.6 is 0 Å². The number of aromatic nitrogens is 2. The third-order valence-corrected chi connectivity index (χ3v) is 3.04. The number of fused-ring (bicyclic) bond motifs is 1. The van der Waals surface area contributed by atoms with Gasteiger partial charge in [0.2, 0.25) is 0 Å². The highest BCUT2D eigenvalue weighted by atomic mass is 16.2. The van der Waals surface area contributed by atoms with E-state index in [0.29, 0.717) is 5.56 Å². The monoisotopic (exact) mass is 278 g/mol. The number of benzene rings is 2. The van der Waals surface area contributed by atoms with Crippen LogP contribution in [0.2, 0.25) is 0 Å². The second kappa shape index (κ2) is 5.58. The van der Waals surface area contributed by atoms with Gasteiger partial charge in [-0.25, -0.2) is 10.4 Å². The van der Waals surface area contributed by atoms with Crippen molar-refractivity contribution >= 4 is 23.2 Å². The second-order valence-corrected chi connectivity index (χ2v) is 4.66. The Balaban J connectivity index is 1.73. The van der Waals surface area contributed by atoms with Crippen LogP contribution in [-0.2, 0) is 0 Å². The molecular weight excluding hydrogens is 264 g/mol. The topological polar surface area (TPSA) is 70.1 Å². The first kappa shape index (κ1) is 13.1. The molecule has 0 radical (unpaired) electrons. The maximum absolute atomic E-state index is 12.0. The zero-order chi connectivity index (χ0) is 14.7. The van der Waals surface area contributed by atoms with Gasteiger partial charge in [0.25, 0.3) is 5.91 Å². The molecule has 0 fully saturated rings. The summed E-state index contributed by atoms with van der Waals surface area (Å²) in [5.41, 5.74) is 5.67. The molecule has 5 nitrogen and oxygen atoms in total. The van der Waals surface area contributed by atoms with Crippen molar-refractivity contribution in [3.05, 3.63) is 65.5 Å². The van der Waals surface area contributed by atoms with E-state index in [2.05, 4.69) is 20.5 Å². The van der Waals surface area contributed by atoms with E-state index in [4.69, 9.17) is 0 Å². The maximum atomic E-state index is 12.0. The maximum Gasteiger partial charge on any atom is 0.271 e. The number of carbonyl (C=O) groups excluding carboxylic acids is 1. The smallest absolute Gasteiger partial charge is 0.271 e. The minimum Gasteiger partial charge on any atom is -0.342 e. The summed E-state index contributed by atoms with van der Waals surface area (Å²) in [5, 5.41) is 3.95. The lowest BCUT2D eigenvalue weighted by Gasteiger charge is -1.99. The van der Waals surface area contributed by atoms with E-state index in [1.165, 1.54) is 0 Å². The van der Waals surface area contributed by atoms with Gasteiger partial charge in [0.15, 0.2) is 0 Å². The van der Waals surface area contributed by atoms with E-state index in [0.717, 1.165) is 22.4 Å². The van der Waals surface area contributed by atoms with Crippen molar-refractivity contribution in [2.45, 2.75) is 6.92 Å². The Labute approximate surface area is 121 Å². The molecule has 0 unspecified atom stereocenters. The summed E-state index contributed by atoms with van der Waals surface area (Å²) in [6, 6.07) is 14.9. The van der Waals surface area contributed by atoms with Gasteiger partial charge in [0, 0.05) is 5.56 Å². The number of rotatable bonds is 3. The molecule has 0 atom stereocenters. The largest absolute Gasteiger partial charge is 0.342 e. The highest BCUT2D eigenvalue weighted by molar-refractivity contribution is 5.97. The van der Waals surface area contributed by atoms with Crippen molar-refractivity contribution in [1.29, 1.82) is 0 Å². The van der Waals surface area contributed by atoms with Crippen molar-refractivity contribution in [3.8, 4) is 0 Å². The van der Waals surface area contributed by atoms with Crippen LogP contribution in [0.3, 0.4) is 0 Å². The Kier molecular flexibility index (Phi) is 3.47. The molecule has 3 rings (SSSR count). The van der Waals surface area contributed by atoms with E-state index < -0.39 is 0 Å². The molecule has 0 saturated carbocycles. The molecule has 0 aliphatic heterocycles. The van der Waals surface area contributed by atoms with Crippen LogP contribution in [0.1, 0.15) is 21.7 Å². The Bertz CT molecular complexity index is 806. The molecule has 5 heteroatoms. The van der Waals surface area contributed by atoms with Crippen LogP contribution < -0.4 is 5.43 Å². The van der Waals surface area contributed by atoms with Crippen LogP contribution in [0.15, 0.2) is 53.6 Å². The third kappa shape index (κ3) is 2.97. The molecule has 0 spiro atoms. The minimum absolute atomic E-state index is 0.253. The Morgan fingerprint density at radius 1 is 1.24 bits per heavy atom. The quantitative estimate of drug-likeness (QED) is 0.571. The summed E-state index contributed by atoms with van der Waals surface area (Å²) in [7, 11) is 0. The molecule has 1 heterocycles. The van der Waals surface area contributed by atoms with Crippen LogP contribution in [-0.4, -0.2) is 22.1 Å². The lowest BCUT2D eigenvalue weighted by atomic mass is 10.2. The first-order valence-electron chi connectivity index (χ1n) is 6.57. The van der Waals surface area contributed by atoms with E-state index in [1.54, 1.807) is 18.3 Å². The standard InChI is InChI=1S/C16H14N4O/c1-11-18-14-8-7-13(9-15(14)19-11)16(21)20-17-10-12-5-3-2-4-6-12/h2-10H,1H3,(H,18,19)(H,20,21)/b17-10+. The molecule has 3 aromatic rings. The molecule has 1 aromatic heterocycles. The van der Waals surface area contributed by atoms with Crippen LogP contribution in [0.5, 0.6) is 0 Å². The third-order valence-electron chi connectivity index (χ3n) is 3.04. The molecule has 104 valence electrons. The number of amides is 1. The normalized spacial score (nSPS) is 11.1. The van der Waals surface area contributed by atoms with E-state index >= 15 is 0 Å². The van der Waals surface area contributed by atoms with E-state index in [9.17, 15) is 4.79 Å².